The number of aromatic nitrogens is 1. The molecule has 2 atom stereocenters. The van der Waals surface area contributed by atoms with Crippen molar-refractivity contribution >= 4 is 33.2 Å². The Labute approximate surface area is 240 Å². The first-order valence-electron chi connectivity index (χ1n) is 13.3. The average Bonchev–Trinajstić information content (AvgIpc) is 3.35. The van der Waals surface area contributed by atoms with Gasteiger partial charge in [0.25, 0.3) is 10.2 Å². The maximum atomic E-state index is 13.0. The van der Waals surface area contributed by atoms with Crippen LogP contribution in [0.15, 0.2) is 42.6 Å². The minimum absolute atomic E-state index is 0.205. The van der Waals surface area contributed by atoms with Crippen molar-refractivity contribution in [2.24, 2.45) is 5.14 Å². The quantitative estimate of drug-likeness (QED) is 0.395. The summed E-state index contributed by atoms with van der Waals surface area (Å²) in [6.45, 7) is 8.41. The van der Waals surface area contributed by atoms with E-state index in [1.54, 1.807) is 25.4 Å². The van der Waals surface area contributed by atoms with E-state index in [4.69, 9.17) is 19.3 Å². The van der Waals surface area contributed by atoms with Crippen molar-refractivity contribution in [2.45, 2.75) is 64.8 Å². The van der Waals surface area contributed by atoms with Crippen LogP contribution in [0.4, 0.5) is 4.79 Å². The van der Waals surface area contributed by atoms with Crippen LogP contribution in [0.1, 0.15) is 66.7 Å². The van der Waals surface area contributed by atoms with Gasteiger partial charge in [0.2, 0.25) is 0 Å². The monoisotopic (exact) mass is 586 g/mol. The molecule has 0 saturated carbocycles. The average molecular weight is 587 g/mol. The van der Waals surface area contributed by atoms with Crippen LogP contribution in [0, 0.1) is 6.92 Å². The van der Waals surface area contributed by atoms with E-state index in [1.807, 2.05) is 52.0 Å². The molecule has 2 unspecified atom stereocenters. The Hall–Kier alpha value is -3.45. The summed E-state index contributed by atoms with van der Waals surface area (Å²) in [5, 5.41) is 6.15. The number of nitrogens with zero attached hydrogens (tertiary/aromatic N) is 2. The molecule has 4 rings (SSSR count). The highest BCUT2D eigenvalue weighted by Gasteiger charge is 2.33. The summed E-state index contributed by atoms with van der Waals surface area (Å²) in [6.07, 6.45) is 2.25. The molecule has 1 aromatic heterocycles. The van der Waals surface area contributed by atoms with Gasteiger partial charge in [0.05, 0.1) is 25.3 Å². The minimum atomic E-state index is -3.89. The largest absolute Gasteiger partial charge is 0.496 e. The Morgan fingerprint density at radius 2 is 1.80 bits per heavy atom. The van der Waals surface area contributed by atoms with Gasteiger partial charge in [0.15, 0.2) is 0 Å². The zero-order chi connectivity index (χ0) is 30.1. The fourth-order valence-electron chi connectivity index (χ4n) is 5.42. The number of carbonyl (C=O) groups is 2. The second-order valence-corrected chi connectivity index (χ2v) is 12.6. The van der Waals surface area contributed by atoms with E-state index in [-0.39, 0.29) is 12.1 Å². The van der Waals surface area contributed by atoms with Crippen molar-refractivity contribution in [1.29, 1.82) is 0 Å². The maximum Gasteiger partial charge on any atom is 0.419 e. The van der Waals surface area contributed by atoms with Crippen molar-refractivity contribution < 1.29 is 32.2 Å². The lowest BCUT2D eigenvalue weighted by molar-refractivity contribution is 0.0542. The molecule has 0 amide bonds. The number of piperidine rings is 1. The standard InChI is InChI=1S/C29H38N4O7S/c1-18-15-25(38-5)23(22-12-14-33(26(18)22)28(35)40-29(2,3)4)17-32-13-11-21(31-41(30,36)37)16-24(32)19-7-9-20(10-8-19)27(34)39-6/h7-10,12,14-15,21,24,31H,11,13,16-17H2,1-6H3,(H2,30,36,37). The summed E-state index contributed by atoms with van der Waals surface area (Å²) in [5.41, 5.74) is 3.17. The summed E-state index contributed by atoms with van der Waals surface area (Å²) >= 11 is 0. The van der Waals surface area contributed by atoms with E-state index in [9.17, 15) is 18.0 Å². The first-order chi connectivity index (χ1) is 19.2. The van der Waals surface area contributed by atoms with E-state index in [0.717, 1.165) is 27.6 Å². The molecule has 12 heteroatoms. The molecule has 222 valence electrons. The third-order valence-corrected chi connectivity index (χ3v) is 7.82. The molecule has 1 aliphatic rings. The maximum absolute atomic E-state index is 13.0. The van der Waals surface area contributed by atoms with Gasteiger partial charge >= 0.3 is 12.1 Å². The molecule has 11 nitrogen and oxygen atoms in total. The number of hydrogen-bond donors (Lipinski definition) is 2. The van der Waals surface area contributed by atoms with Crippen LogP contribution >= 0.6 is 0 Å². The highest BCUT2D eigenvalue weighted by Crippen LogP contribution is 2.38. The molecule has 1 fully saturated rings. The van der Waals surface area contributed by atoms with Gasteiger partial charge in [-0.3, -0.25) is 9.47 Å². The Balaban J connectivity index is 1.74. The number of esters is 1. The Kier molecular flexibility index (Phi) is 8.78. The van der Waals surface area contributed by atoms with Crippen LogP contribution in [-0.4, -0.2) is 62.4 Å². The molecule has 0 aliphatic carbocycles. The normalized spacial score (nSPS) is 18.3. The number of benzene rings is 2. The Morgan fingerprint density at radius 3 is 2.39 bits per heavy atom. The number of likely N-dealkylation sites (tertiary alicyclic amines) is 1. The SMILES string of the molecule is COC(=O)c1ccc(C2CC(NS(N)(=O)=O)CCN2Cc2c(OC)cc(C)c3c2ccn3C(=O)OC(C)(C)C)cc1. The van der Waals surface area contributed by atoms with E-state index in [1.165, 1.54) is 11.7 Å². The van der Waals surface area contributed by atoms with Crippen LogP contribution in [0.5, 0.6) is 5.75 Å². The zero-order valence-electron chi connectivity index (χ0n) is 24.3. The van der Waals surface area contributed by atoms with Crippen molar-refractivity contribution in [3.63, 3.8) is 0 Å². The van der Waals surface area contributed by atoms with Gasteiger partial charge < -0.3 is 14.2 Å². The number of fused-ring (bicyclic) bond motifs is 1. The first-order valence-corrected chi connectivity index (χ1v) is 14.9. The van der Waals surface area contributed by atoms with Gasteiger partial charge in [-0.15, -0.1) is 0 Å². The lowest BCUT2D eigenvalue weighted by Crippen LogP contribution is -2.47. The lowest BCUT2D eigenvalue weighted by Gasteiger charge is -2.40. The number of carbonyl (C=O) groups excluding carboxylic acids is 2. The van der Waals surface area contributed by atoms with E-state index in [0.29, 0.717) is 37.2 Å². The predicted octanol–water partition coefficient (Wildman–Crippen LogP) is 4.03. The Bertz CT molecular complexity index is 1540. The van der Waals surface area contributed by atoms with Crippen LogP contribution in [0.2, 0.25) is 0 Å². The van der Waals surface area contributed by atoms with Crippen LogP contribution in [0.3, 0.4) is 0 Å². The molecule has 0 radical (unpaired) electrons. The number of hydrogen-bond acceptors (Lipinski definition) is 8. The third kappa shape index (κ3) is 7.07. The fourth-order valence-corrected chi connectivity index (χ4v) is 6.10. The molecular weight excluding hydrogens is 548 g/mol. The fraction of sp³-hybridized carbons (Fsp3) is 0.448. The van der Waals surface area contributed by atoms with Gasteiger partial charge in [-0.1, -0.05) is 12.1 Å². The Morgan fingerprint density at radius 1 is 1.12 bits per heavy atom. The molecule has 0 spiro atoms. The topological polar surface area (TPSA) is 142 Å². The van der Waals surface area contributed by atoms with Gasteiger partial charge in [0.1, 0.15) is 11.4 Å². The zero-order valence-corrected chi connectivity index (χ0v) is 25.1. The third-order valence-electron chi connectivity index (χ3n) is 7.16. The number of nitrogens with one attached hydrogen (secondary N) is 1. The minimum Gasteiger partial charge on any atom is -0.496 e. The van der Waals surface area contributed by atoms with Crippen LogP contribution < -0.4 is 14.6 Å². The second-order valence-electron chi connectivity index (χ2n) is 11.3. The van der Waals surface area contributed by atoms with Gasteiger partial charge in [0, 0.05) is 42.3 Å². The van der Waals surface area contributed by atoms with Crippen LogP contribution in [-0.2, 0) is 26.2 Å². The van der Waals surface area contributed by atoms with Crippen molar-refractivity contribution in [3.05, 3.63) is 64.8 Å². The highest BCUT2D eigenvalue weighted by molar-refractivity contribution is 7.87. The molecule has 3 aromatic rings. The van der Waals surface area contributed by atoms with Crippen molar-refractivity contribution in [2.75, 3.05) is 20.8 Å². The molecule has 0 bridgehead atoms. The number of aryl methyl sites for hydroxylation is 1. The van der Waals surface area contributed by atoms with Crippen molar-refractivity contribution in [1.82, 2.24) is 14.2 Å². The van der Waals surface area contributed by atoms with Crippen molar-refractivity contribution in [3.8, 4) is 5.75 Å². The summed E-state index contributed by atoms with van der Waals surface area (Å²) in [5.74, 6) is 0.244. The smallest absolute Gasteiger partial charge is 0.419 e. The molecule has 1 saturated heterocycles. The summed E-state index contributed by atoms with van der Waals surface area (Å²) in [6, 6.07) is 10.3. The van der Waals surface area contributed by atoms with Gasteiger partial charge in [-0.05, 0) is 75.9 Å². The van der Waals surface area contributed by atoms with Gasteiger partial charge in [-0.25, -0.2) is 14.7 Å². The number of rotatable bonds is 7. The molecule has 2 heterocycles. The number of ether oxygens (including phenoxy) is 3. The molecule has 1 aliphatic heterocycles. The molecule has 2 aromatic carbocycles. The van der Waals surface area contributed by atoms with Crippen LogP contribution in [0.25, 0.3) is 10.9 Å². The molecule has 41 heavy (non-hydrogen) atoms. The first kappa shape index (κ1) is 30.5. The van der Waals surface area contributed by atoms with Gasteiger partial charge in [-0.2, -0.15) is 13.1 Å². The molecular formula is C29H38N4O7S. The summed E-state index contributed by atoms with van der Waals surface area (Å²) < 4.78 is 44.0. The molecule has 3 N–H and O–H groups in total. The second kappa shape index (κ2) is 11.8. The van der Waals surface area contributed by atoms with E-state index in [2.05, 4.69) is 9.62 Å². The predicted molar refractivity (Wildman–Crippen MR) is 155 cm³/mol. The van der Waals surface area contributed by atoms with E-state index >= 15 is 0 Å². The lowest BCUT2D eigenvalue weighted by atomic mass is 9.90. The van der Waals surface area contributed by atoms with E-state index < -0.39 is 27.9 Å². The summed E-state index contributed by atoms with van der Waals surface area (Å²) in [7, 11) is -0.947. The summed E-state index contributed by atoms with van der Waals surface area (Å²) in [4.78, 5) is 27.3. The number of methoxy groups -OCH3 is 2. The highest BCUT2D eigenvalue weighted by atomic mass is 32.2. The number of nitrogens with two attached hydrogens (primary N) is 1.